The van der Waals surface area contributed by atoms with Crippen molar-refractivity contribution in [2.75, 3.05) is 0 Å². The predicted molar refractivity (Wildman–Crippen MR) is 229 cm³/mol. The van der Waals surface area contributed by atoms with Gasteiger partial charge < -0.3 is 0 Å². The summed E-state index contributed by atoms with van der Waals surface area (Å²) >= 11 is 0. The minimum atomic E-state index is 0. The van der Waals surface area contributed by atoms with Crippen molar-refractivity contribution in [2.24, 2.45) is 0 Å². The highest BCUT2D eigenvalue weighted by molar-refractivity contribution is 6.19. The summed E-state index contributed by atoms with van der Waals surface area (Å²) < 4.78 is 0. The van der Waals surface area contributed by atoms with Crippen LogP contribution in [0.4, 0.5) is 0 Å². The summed E-state index contributed by atoms with van der Waals surface area (Å²) in [6.45, 7) is 9.02. The van der Waals surface area contributed by atoms with Crippen molar-refractivity contribution in [3.63, 3.8) is 0 Å². The maximum absolute atomic E-state index is 4.00. The van der Waals surface area contributed by atoms with Crippen molar-refractivity contribution in [1.82, 2.24) is 0 Å². The van der Waals surface area contributed by atoms with Gasteiger partial charge in [0, 0.05) is 12.0 Å². The van der Waals surface area contributed by atoms with E-state index in [4.69, 9.17) is 0 Å². The smallest absolute Gasteiger partial charge is 0.0323 e. The second kappa shape index (κ2) is 17.2. The van der Waals surface area contributed by atoms with Gasteiger partial charge in [-0.25, -0.2) is 0 Å². The third-order valence-corrected chi connectivity index (χ3v) is 9.49. The minimum absolute atomic E-state index is 0. The van der Waals surface area contributed by atoms with Crippen LogP contribution < -0.4 is 0 Å². The average Bonchev–Trinajstić information content (AvgIpc) is 3.42. The molecule has 7 rings (SSSR count). The molecule has 6 aromatic rings. The fraction of sp³-hybridized carbons (Fsp3) is 0.176. The molecule has 254 valence electrons. The Hall–Kier alpha value is -5.82. The molecular weight excluding hydrogens is 613 g/mol. The van der Waals surface area contributed by atoms with Crippen LogP contribution in [0.2, 0.25) is 0 Å². The normalized spacial score (nSPS) is 12.1. The van der Waals surface area contributed by atoms with Gasteiger partial charge in [0.15, 0.2) is 0 Å². The van der Waals surface area contributed by atoms with E-state index in [1.807, 2.05) is 0 Å². The first-order valence-electron chi connectivity index (χ1n) is 17.2. The summed E-state index contributed by atoms with van der Waals surface area (Å²) in [5, 5.41) is 5.10. The van der Waals surface area contributed by atoms with Gasteiger partial charge in [0.25, 0.3) is 0 Å². The zero-order valence-corrected chi connectivity index (χ0v) is 28.9. The van der Waals surface area contributed by atoms with E-state index in [9.17, 15) is 0 Å². The fourth-order valence-corrected chi connectivity index (χ4v) is 7.21. The van der Waals surface area contributed by atoms with Crippen molar-refractivity contribution in [3.05, 3.63) is 161 Å². The van der Waals surface area contributed by atoms with Crippen LogP contribution in [0.1, 0.15) is 89.1 Å². The van der Waals surface area contributed by atoms with Gasteiger partial charge in [-0.3, -0.25) is 0 Å². The molecule has 1 aliphatic rings. The molecule has 0 heterocycles. The molecule has 51 heavy (non-hydrogen) atoms. The Balaban J connectivity index is 0.00000143. The van der Waals surface area contributed by atoms with Crippen LogP contribution in [0.25, 0.3) is 61.0 Å². The Morgan fingerprint density at radius 1 is 0.725 bits per heavy atom. The number of rotatable bonds is 7. The second-order valence-corrected chi connectivity index (χ2v) is 12.6. The minimum Gasteiger partial charge on any atom is -0.124 e. The van der Waals surface area contributed by atoms with Crippen molar-refractivity contribution >= 4 is 38.8 Å². The SMILES string of the molecule is C.C.C#C.C/C=C(\C=C(/CC)c1ccccc1C(C)C)c1c2ccccc2c(-c2ccc(-c3cccc4c3C=CCC#C4)cc2)c2ccccc12. The summed E-state index contributed by atoms with van der Waals surface area (Å²) in [6, 6.07) is 42.4. The summed E-state index contributed by atoms with van der Waals surface area (Å²) in [6.07, 6.45) is 18.9. The molecule has 0 unspecified atom stereocenters. The molecule has 0 aliphatic heterocycles. The van der Waals surface area contributed by atoms with Crippen LogP contribution >= 0.6 is 0 Å². The molecule has 0 heteroatoms. The van der Waals surface area contributed by atoms with Gasteiger partial charge in [0.2, 0.25) is 0 Å². The standard InChI is InChI=1S/C47H40.C2H2.2CH4/c1-5-33(39-21-11-10-19-38(39)32(3)4)31-34(6-2)46-42-22-12-14-24-44(42)47(45-25-15-13-23-43(45)46)37-29-27-36(28-30-37)41-26-16-18-35-17-8-7-9-20-40(35)41;1-2;;/h6,9-16,18-32H,5,7H2,1-4H3;1-2H;2*1H4/b33-31+,34-6+;;;. The topological polar surface area (TPSA) is 0 Å². The lowest BCUT2D eigenvalue weighted by Crippen LogP contribution is -1.97. The van der Waals surface area contributed by atoms with E-state index in [0.29, 0.717) is 5.92 Å². The monoisotopic (exact) mass is 662 g/mol. The van der Waals surface area contributed by atoms with Crippen LogP contribution in [0.15, 0.2) is 133 Å². The van der Waals surface area contributed by atoms with Gasteiger partial charge in [0.05, 0.1) is 0 Å². The largest absolute Gasteiger partial charge is 0.124 e. The molecule has 0 N–H and O–H groups in total. The molecule has 0 fully saturated rings. The van der Waals surface area contributed by atoms with Crippen molar-refractivity contribution in [3.8, 4) is 46.9 Å². The summed E-state index contributed by atoms with van der Waals surface area (Å²) in [5.74, 6) is 7.05. The van der Waals surface area contributed by atoms with Gasteiger partial charge in [-0.1, -0.05) is 181 Å². The lowest BCUT2D eigenvalue weighted by atomic mass is 9.84. The molecule has 0 aromatic heterocycles. The highest BCUT2D eigenvalue weighted by Crippen LogP contribution is 2.43. The molecule has 0 bridgehead atoms. The molecule has 0 radical (unpaired) electrons. The van der Waals surface area contributed by atoms with E-state index in [1.165, 1.54) is 77.2 Å². The lowest BCUT2D eigenvalue weighted by Gasteiger charge is -2.20. The lowest BCUT2D eigenvalue weighted by molar-refractivity contribution is 0.861. The number of allylic oxidation sites excluding steroid dienone is 5. The zero-order valence-electron chi connectivity index (χ0n) is 28.9. The van der Waals surface area contributed by atoms with Crippen LogP contribution in [0, 0.1) is 24.7 Å². The first kappa shape index (κ1) is 38.0. The maximum Gasteiger partial charge on any atom is 0.0323 e. The number of hydrogen-bond donors (Lipinski definition) is 0. The third kappa shape index (κ3) is 7.38. The summed E-state index contributed by atoms with van der Waals surface area (Å²) in [7, 11) is 0. The third-order valence-electron chi connectivity index (χ3n) is 9.49. The van der Waals surface area contributed by atoms with E-state index < -0.39 is 0 Å². The Bertz CT molecular complexity index is 2270. The number of benzene rings is 6. The Morgan fingerprint density at radius 2 is 1.31 bits per heavy atom. The second-order valence-electron chi connectivity index (χ2n) is 12.6. The molecule has 1 aliphatic carbocycles. The Kier molecular flexibility index (Phi) is 12.8. The average molecular weight is 663 g/mol. The highest BCUT2D eigenvalue weighted by Gasteiger charge is 2.18. The van der Waals surface area contributed by atoms with Crippen molar-refractivity contribution in [2.45, 2.75) is 61.3 Å². The van der Waals surface area contributed by atoms with E-state index in [1.54, 1.807) is 0 Å². The highest BCUT2D eigenvalue weighted by atomic mass is 14.2. The van der Waals surface area contributed by atoms with Gasteiger partial charge in [-0.15, -0.1) is 12.8 Å². The van der Waals surface area contributed by atoms with Gasteiger partial charge in [-0.05, 0) is 103 Å². The van der Waals surface area contributed by atoms with Crippen LogP contribution in [-0.4, -0.2) is 0 Å². The molecule has 0 amide bonds. The van der Waals surface area contributed by atoms with Gasteiger partial charge >= 0.3 is 0 Å². The first-order chi connectivity index (χ1) is 24.1. The van der Waals surface area contributed by atoms with Crippen LogP contribution in [-0.2, 0) is 0 Å². The van der Waals surface area contributed by atoms with Gasteiger partial charge in [0.1, 0.15) is 0 Å². The number of terminal acetylenes is 1. The molecule has 0 spiro atoms. The van der Waals surface area contributed by atoms with E-state index in [2.05, 4.69) is 192 Å². The van der Waals surface area contributed by atoms with Crippen molar-refractivity contribution in [1.29, 1.82) is 0 Å². The quantitative estimate of drug-likeness (QED) is 0.0906. The maximum atomic E-state index is 4.00. The zero-order chi connectivity index (χ0) is 34.3. The Morgan fingerprint density at radius 3 is 1.92 bits per heavy atom. The van der Waals surface area contributed by atoms with E-state index in [0.717, 1.165) is 18.4 Å². The van der Waals surface area contributed by atoms with Crippen LogP contribution in [0.5, 0.6) is 0 Å². The summed E-state index contributed by atoms with van der Waals surface area (Å²) in [5.41, 5.74) is 13.9. The van der Waals surface area contributed by atoms with Gasteiger partial charge in [-0.2, -0.15) is 0 Å². The molecule has 0 atom stereocenters. The van der Waals surface area contributed by atoms with E-state index >= 15 is 0 Å². The molecule has 0 nitrogen and oxygen atoms in total. The number of hydrogen-bond acceptors (Lipinski definition) is 0. The molecule has 0 saturated heterocycles. The molecule has 0 saturated carbocycles. The summed E-state index contributed by atoms with van der Waals surface area (Å²) in [4.78, 5) is 0. The molecular formula is C51H50. The first-order valence-corrected chi connectivity index (χ1v) is 17.2. The Labute approximate surface area is 307 Å². The molecule has 6 aromatic carbocycles. The fourth-order valence-electron chi connectivity index (χ4n) is 7.21. The van der Waals surface area contributed by atoms with Crippen molar-refractivity contribution < 1.29 is 0 Å². The number of fused-ring (bicyclic) bond motifs is 3. The van der Waals surface area contributed by atoms with Crippen LogP contribution in [0.3, 0.4) is 0 Å². The predicted octanol–water partition coefficient (Wildman–Crippen LogP) is 14.6. The van der Waals surface area contributed by atoms with E-state index in [-0.39, 0.29) is 14.9 Å².